The molecular formula is C20H34IN5O. The molecule has 6 nitrogen and oxygen atoms in total. The van der Waals surface area contributed by atoms with Crippen LogP contribution in [0.5, 0.6) is 0 Å². The zero-order valence-electron chi connectivity index (χ0n) is 16.8. The normalized spacial score (nSPS) is 15.7. The molecule has 0 aromatic heterocycles. The van der Waals surface area contributed by atoms with Crippen molar-refractivity contribution in [1.29, 1.82) is 0 Å². The first kappa shape index (κ1) is 23.7. The van der Waals surface area contributed by atoms with Crippen molar-refractivity contribution in [1.82, 2.24) is 20.4 Å². The number of halogens is 1. The molecular weight excluding hydrogens is 453 g/mol. The van der Waals surface area contributed by atoms with E-state index in [0.717, 1.165) is 51.4 Å². The van der Waals surface area contributed by atoms with Crippen molar-refractivity contribution >= 4 is 35.8 Å². The first-order valence-electron chi connectivity index (χ1n) is 9.59. The van der Waals surface area contributed by atoms with E-state index in [2.05, 4.69) is 57.8 Å². The van der Waals surface area contributed by atoms with E-state index in [9.17, 15) is 4.79 Å². The predicted molar refractivity (Wildman–Crippen MR) is 123 cm³/mol. The first-order chi connectivity index (χ1) is 12.6. The Morgan fingerprint density at radius 2 is 1.89 bits per heavy atom. The van der Waals surface area contributed by atoms with Gasteiger partial charge >= 0.3 is 0 Å². The van der Waals surface area contributed by atoms with Crippen molar-refractivity contribution in [2.45, 2.75) is 38.8 Å². The molecule has 0 aliphatic carbocycles. The molecule has 27 heavy (non-hydrogen) atoms. The largest absolute Gasteiger partial charge is 0.356 e. The number of nitrogens with one attached hydrogen (secondary N) is 2. The van der Waals surface area contributed by atoms with Crippen molar-refractivity contribution in [2.24, 2.45) is 4.99 Å². The number of nitrogens with zero attached hydrogens (tertiary/aromatic N) is 3. The Bertz CT molecular complexity index is 571. The second kappa shape index (κ2) is 12.9. The lowest BCUT2D eigenvalue weighted by Gasteiger charge is -2.33. The monoisotopic (exact) mass is 487 g/mol. The molecule has 0 unspecified atom stereocenters. The Morgan fingerprint density at radius 1 is 1.22 bits per heavy atom. The Kier molecular flexibility index (Phi) is 11.3. The number of benzene rings is 1. The fraction of sp³-hybridized carbons (Fsp3) is 0.600. The minimum Gasteiger partial charge on any atom is -0.356 e. The third-order valence-electron chi connectivity index (χ3n) is 4.59. The van der Waals surface area contributed by atoms with Crippen LogP contribution in [-0.2, 0) is 11.3 Å². The zero-order chi connectivity index (χ0) is 18.8. The van der Waals surface area contributed by atoms with Crippen LogP contribution in [0.4, 0.5) is 0 Å². The van der Waals surface area contributed by atoms with Gasteiger partial charge in [0.05, 0.1) is 0 Å². The topological polar surface area (TPSA) is 60.0 Å². The Hall–Kier alpha value is -1.35. The molecule has 2 N–H and O–H groups in total. The van der Waals surface area contributed by atoms with Gasteiger partial charge in [0.1, 0.15) is 6.54 Å². The van der Waals surface area contributed by atoms with Crippen LogP contribution in [0.1, 0.15) is 31.7 Å². The molecule has 1 aromatic rings. The van der Waals surface area contributed by atoms with Gasteiger partial charge in [-0.25, -0.2) is 4.99 Å². The van der Waals surface area contributed by atoms with E-state index < -0.39 is 0 Å². The van der Waals surface area contributed by atoms with Gasteiger partial charge in [-0.15, -0.1) is 24.0 Å². The summed E-state index contributed by atoms with van der Waals surface area (Å²) in [5, 5.41) is 6.83. The number of carbonyl (C=O) groups is 1. The first-order valence-corrected chi connectivity index (χ1v) is 9.59. The van der Waals surface area contributed by atoms with Crippen LogP contribution < -0.4 is 10.6 Å². The summed E-state index contributed by atoms with van der Waals surface area (Å²) in [5.41, 5.74) is 1.37. The van der Waals surface area contributed by atoms with Crippen LogP contribution in [0.3, 0.4) is 0 Å². The molecule has 2 rings (SSSR count). The van der Waals surface area contributed by atoms with E-state index in [4.69, 9.17) is 0 Å². The minimum absolute atomic E-state index is 0. The van der Waals surface area contributed by atoms with E-state index in [1.54, 1.807) is 19.0 Å². The molecule has 0 saturated carbocycles. The standard InChI is InChI=1S/C20H33N5O.HI/c1-4-12-21-20(22-15-19(26)24(2)3)23-18-10-13-25(14-11-18)16-17-8-6-5-7-9-17;/h5-9,18H,4,10-16H2,1-3H3,(H2,21,22,23);1H. The Balaban J connectivity index is 0.00000364. The number of likely N-dealkylation sites (tertiary alicyclic amines) is 1. The number of aliphatic imine (C=N–C) groups is 1. The fourth-order valence-electron chi connectivity index (χ4n) is 2.95. The molecule has 1 aliphatic heterocycles. The van der Waals surface area contributed by atoms with Crippen molar-refractivity contribution in [3.8, 4) is 0 Å². The maximum absolute atomic E-state index is 11.8. The van der Waals surface area contributed by atoms with Crippen molar-refractivity contribution in [2.75, 3.05) is 40.3 Å². The van der Waals surface area contributed by atoms with Crippen molar-refractivity contribution in [3.63, 3.8) is 0 Å². The van der Waals surface area contributed by atoms with Crippen LogP contribution in [-0.4, -0.2) is 68.0 Å². The van der Waals surface area contributed by atoms with Gasteiger partial charge in [0.15, 0.2) is 5.96 Å². The van der Waals surface area contributed by atoms with Crippen molar-refractivity contribution < 1.29 is 4.79 Å². The number of carbonyl (C=O) groups excluding carboxylic acids is 1. The minimum atomic E-state index is 0. The highest BCUT2D eigenvalue weighted by atomic mass is 127. The molecule has 1 aromatic carbocycles. The third-order valence-corrected chi connectivity index (χ3v) is 4.59. The second-order valence-electron chi connectivity index (χ2n) is 7.06. The number of guanidine groups is 1. The zero-order valence-corrected chi connectivity index (χ0v) is 19.1. The number of rotatable bonds is 7. The number of hydrogen-bond donors (Lipinski definition) is 2. The summed E-state index contributed by atoms with van der Waals surface area (Å²) >= 11 is 0. The Labute approximate surface area is 180 Å². The molecule has 0 radical (unpaired) electrons. The molecule has 1 heterocycles. The van der Waals surface area contributed by atoms with Gasteiger partial charge in [-0.2, -0.15) is 0 Å². The van der Waals surface area contributed by atoms with Gasteiger partial charge in [-0.1, -0.05) is 37.3 Å². The van der Waals surface area contributed by atoms with Crippen LogP contribution in [0.25, 0.3) is 0 Å². The number of amides is 1. The third kappa shape index (κ3) is 8.92. The summed E-state index contributed by atoms with van der Waals surface area (Å²) in [6.45, 7) is 6.32. The van der Waals surface area contributed by atoms with Crippen LogP contribution >= 0.6 is 24.0 Å². The summed E-state index contributed by atoms with van der Waals surface area (Å²) in [6, 6.07) is 11.0. The lowest BCUT2D eigenvalue weighted by atomic mass is 10.0. The molecule has 0 spiro atoms. The van der Waals surface area contributed by atoms with Gasteiger partial charge in [0.2, 0.25) is 5.91 Å². The van der Waals surface area contributed by atoms with Gasteiger partial charge in [-0.3, -0.25) is 9.69 Å². The number of piperidine rings is 1. The highest BCUT2D eigenvalue weighted by Gasteiger charge is 2.20. The maximum Gasteiger partial charge on any atom is 0.243 e. The van der Waals surface area contributed by atoms with E-state index in [-0.39, 0.29) is 36.4 Å². The average Bonchev–Trinajstić information content (AvgIpc) is 2.65. The number of hydrogen-bond acceptors (Lipinski definition) is 3. The second-order valence-corrected chi connectivity index (χ2v) is 7.06. The summed E-state index contributed by atoms with van der Waals surface area (Å²) in [7, 11) is 3.51. The van der Waals surface area contributed by atoms with E-state index in [0.29, 0.717) is 6.04 Å². The molecule has 0 bridgehead atoms. The summed E-state index contributed by atoms with van der Waals surface area (Å²) in [4.78, 5) is 20.3. The molecule has 1 fully saturated rings. The quantitative estimate of drug-likeness (QED) is 0.352. The highest BCUT2D eigenvalue weighted by Crippen LogP contribution is 2.13. The SMILES string of the molecule is CCCNC(=NCC(=O)N(C)C)NC1CCN(Cc2ccccc2)CC1.I. The molecule has 0 atom stereocenters. The molecule has 152 valence electrons. The summed E-state index contributed by atoms with van der Waals surface area (Å²) < 4.78 is 0. The van der Waals surface area contributed by atoms with Gasteiger partial charge in [0, 0.05) is 46.3 Å². The number of likely N-dealkylation sites (N-methyl/N-ethyl adjacent to an activating group) is 1. The smallest absolute Gasteiger partial charge is 0.243 e. The lowest BCUT2D eigenvalue weighted by Crippen LogP contribution is -2.49. The van der Waals surface area contributed by atoms with Crippen LogP contribution in [0, 0.1) is 0 Å². The average molecular weight is 487 g/mol. The van der Waals surface area contributed by atoms with E-state index in [1.807, 2.05) is 0 Å². The summed E-state index contributed by atoms with van der Waals surface area (Å²) in [6.07, 6.45) is 3.19. The lowest BCUT2D eigenvalue weighted by molar-refractivity contribution is -0.127. The molecule has 7 heteroatoms. The predicted octanol–water partition coefficient (Wildman–Crippen LogP) is 2.30. The van der Waals surface area contributed by atoms with Crippen molar-refractivity contribution in [3.05, 3.63) is 35.9 Å². The fourth-order valence-corrected chi connectivity index (χ4v) is 2.95. The van der Waals surface area contributed by atoms with E-state index in [1.165, 1.54) is 5.56 Å². The van der Waals surface area contributed by atoms with Gasteiger partial charge in [-0.05, 0) is 24.8 Å². The molecule has 1 aliphatic rings. The molecule has 1 saturated heterocycles. The maximum atomic E-state index is 11.8. The van der Waals surface area contributed by atoms with Gasteiger partial charge in [0.25, 0.3) is 0 Å². The Morgan fingerprint density at radius 3 is 2.48 bits per heavy atom. The van der Waals surface area contributed by atoms with Gasteiger partial charge < -0.3 is 15.5 Å². The van der Waals surface area contributed by atoms with Crippen LogP contribution in [0.2, 0.25) is 0 Å². The summed E-state index contributed by atoms with van der Waals surface area (Å²) in [5.74, 6) is 0.767. The van der Waals surface area contributed by atoms with E-state index >= 15 is 0 Å². The van der Waals surface area contributed by atoms with Crippen LogP contribution in [0.15, 0.2) is 35.3 Å². The highest BCUT2D eigenvalue weighted by molar-refractivity contribution is 14.0. The molecule has 1 amide bonds.